The van der Waals surface area contributed by atoms with Gasteiger partial charge in [-0.2, -0.15) is 0 Å². The summed E-state index contributed by atoms with van der Waals surface area (Å²) in [7, 11) is 1.71. The molecule has 2 atom stereocenters. The van der Waals surface area contributed by atoms with E-state index < -0.39 is 6.10 Å². The molecule has 3 heteroatoms. The Morgan fingerprint density at radius 2 is 2.10 bits per heavy atom. The van der Waals surface area contributed by atoms with Crippen LogP contribution in [0.5, 0.6) is 5.75 Å². The fourth-order valence-corrected chi connectivity index (χ4v) is 2.97. The van der Waals surface area contributed by atoms with Gasteiger partial charge in [0.05, 0.1) is 13.2 Å². The molecule has 0 radical (unpaired) electrons. The molecule has 0 saturated carbocycles. The summed E-state index contributed by atoms with van der Waals surface area (Å²) < 4.78 is 5.46. The Morgan fingerprint density at radius 1 is 1.35 bits per heavy atom. The molecule has 1 fully saturated rings. The number of aliphatic hydroxyl groups is 1. The molecule has 2 rings (SSSR count). The Labute approximate surface area is 122 Å². The second-order valence-electron chi connectivity index (χ2n) is 6.28. The van der Waals surface area contributed by atoms with Crippen LogP contribution in [0.4, 0.5) is 0 Å². The molecule has 112 valence electrons. The lowest BCUT2D eigenvalue weighted by molar-refractivity contribution is 0.199. The van der Waals surface area contributed by atoms with Crippen LogP contribution in [-0.2, 0) is 6.54 Å². The van der Waals surface area contributed by atoms with Crippen LogP contribution in [0.3, 0.4) is 0 Å². The molecule has 1 heterocycles. The molecule has 20 heavy (non-hydrogen) atoms. The van der Waals surface area contributed by atoms with E-state index in [0.29, 0.717) is 0 Å². The Morgan fingerprint density at radius 3 is 2.65 bits per heavy atom. The number of methoxy groups -OCH3 is 1. The van der Waals surface area contributed by atoms with Crippen molar-refractivity contribution in [1.29, 1.82) is 0 Å². The molecule has 0 amide bonds. The lowest BCUT2D eigenvalue weighted by Gasteiger charge is -2.20. The molecule has 1 aliphatic rings. The van der Waals surface area contributed by atoms with Crippen LogP contribution < -0.4 is 4.74 Å². The van der Waals surface area contributed by atoms with E-state index >= 15 is 0 Å². The normalized spacial score (nSPS) is 21.4. The van der Waals surface area contributed by atoms with Gasteiger partial charge in [0.1, 0.15) is 5.75 Å². The summed E-state index contributed by atoms with van der Waals surface area (Å²) in [4.78, 5) is 2.49. The van der Waals surface area contributed by atoms with Gasteiger partial charge in [-0.3, -0.25) is 4.90 Å². The van der Waals surface area contributed by atoms with Crippen molar-refractivity contribution in [3.63, 3.8) is 0 Å². The third-order valence-corrected chi connectivity index (χ3v) is 4.43. The molecular formula is C17H27NO2. The lowest BCUT2D eigenvalue weighted by Crippen LogP contribution is -2.22. The molecule has 0 aromatic heterocycles. The maximum Gasteiger partial charge on any atom is 0.123 e. The van der Waals surface area contributed by atoms with E-state index in [1.165, 1.54) is 18.5 Å². The van der Waals surface area contributed by atoms with E-state index in [1.807, 2.05) is 12.1 Å². The summed E-state index contributed by atoms with van der Waals surface area (Å²) in [5.41, 5.74) is 2.13. The van der Waals surface area contributed by atoms with Gasteiger partial charge in [-0.15, -0.1) is 0 Å². The highest BCUT2D eigenvalue weighted by Crippen LogP contribution is 2.29. The summed E-state index contributed by atoms with van der Waals surface area (Å²) in [6.07, 6.45) is 0.859. The molecule has 3 nitrogen and oxygen atoms in total. The van der Waals surface area contributed by atoms with Crippen LogP contribution in [0.25, 0.3) is 0 Å². The van der Waals surface area contributed by atoms with Crippen LogP contribution >= 0.6 is 0 Å². The number of nitrogens with zero attached hydrogens (tertiary/aromatic N) is 1. The minimum atomic E-state index is -0.429. The van der Waals surface area contributed by atoms with Gasteiger partial charge in [-0.05, 0) is 49.4 Å². The van der Waals surface area contributed by atoms with E-state index in [1.54, 1.807) is 14.0 Å². The van der Waals surface area contributed by atoms with Gasteiger partial charge in [-0.25, -0.2) is 0 Å². The molecule has 2 unspecified atom stereocenters. The van der Waals surface area contributed by atoms with Gasteiger partial charge in [0.15, 0.2) is 0 Å². The Balaban J connectivity index is 2.10. The molecular weight excluding hydrogens is 250 g/mol. The van der Waals surface area contributed by atoms with E-state index in [2.05, 4.69) is 24.8 Å². The number of benzene rings is 1. The second-order valence-corrected chi connectivity index (χ2v) is 6.28. The first-order chi connectivity index (χ1) is 9.51. The number of likely N-dealkylation sites (tertiary alicyclic amines) is 1. The van der Waals surface area contributed by atoms with Gasteiger partial charge in [0.25, 0.3) is 0 Å². The van der Waals surface area contributed by atoms with Crippen molar-refractivity contribution in [2.75, 3.05) is 20.2 Å². The van der Waals surface area contributed by atoms with Crippen molar-refractivity contribution in [3.8, 4) is 5.75 Å². The Hall–Kier alpha value is -1.06. The summed E-state index contributed by atoms with van der Waals surface area (Å²) in [6, 6.07) is 5.98. The van der Waals surface area contributed by atoms with Crippen LogP contribution in [0, 0.1) is 11.8 Å². The summed E-state index contributed by atoms with van der Waals surface area (Å²) in [5, 5.41) is 9.73. The zero-order valence-electron chi connectivity index (χ0n) is 13.1. The molecule has 1 N–H and O–H groups in total. The second kappa shape index (κ2) is 6.59. The van der Waals surface area contributed by atoms with Gasteiger partial charge >= 0.3 is 0 Å². The van der Waals surface area contributed by atoms with Crippen LogP contribution in [0.1, 0.15) is 44.4 Å². The number of rotatable bonds is 5. The first kappa shape index (κ1) is 15.3. The average Bonchev–Trinajstić information content (AvgIpc) is 2.87. The number of ether oxygens (including phenoxy) is 1. The minimum Gasteiger partial charge on any atom is -0.496 e. The first-order valence-electron chi connectivity index (χ1n) is 7.58. The first-order valence-corrected chi connectivity index (χ1v) is 7.58. The van der Waals surface area contributed by atoms with Crippen LogP contribution in [-0.4, -0.2) is 30.2 Å². The molecule has 1 aliphatic heterocycles. The third kappa shape index (κ3) is 3.53. The van der Waals surface area contributed by atoms with Crippen molar-refractivity contribution >= 4 is 0 Å². The molecule has 1 aromatic rings. The highest BCUT2D eigenvalue weighted by molar-refractivity contribution is 5.38. The zero-order valence-corrected chi connectivity index (χ0v) is 13.1. The predicted molar refractivity (Wildman–Crippen MR) is 81.8 cm³/mol. The summed E-state index contributed by atoms with van der Waals surface area (Å²) >= 11 is 0. The van der Waals surface area contributed by atoms with E-state index in [4.69, 9.17) is 4.74 Å². The lowest BCUT2D eigenvalue weighted by atomic mass is 9.95. The molecule has 0 spiro atoms. The van der Waals surface area contributed by atoms with Crippen molar-refractivity contribution < 1.29 is 9.84 Å². The van der Waals surface area contributed by atoms with Gasteiger partial charge in [0, 0.05) is 18.7 Å². The Kier molecular flexibility index (Phi) is 5.06. The quantitative estimate of drug-likeness (QED) is 0.897. The Bertz CT molecular complexity index is 443. The summed E-state index contributed by atoms with van der Waals surface area (Å²) in [5.74, 6) is 2.48. The maximum atomic E-state index is 9.73. The SMILES string of the molecule is COc1ccc(C(C)O)cc1CN1CCC(C(C)C)C1. The molecule has 0 aliphatic carbocycles. The van der Waals surface area contributed by atoms with Gasteiger partial charge < -0.3 is 9.84 Å². The highest BCUT2D eigenvalue weighted by atomic mass is 16.5. The third-order valence-electron chi connectivity index (χ3n) is 4.43. The number of aliphatic hydroxyl groups excluding tert-OH is 1. The largest absolute Gasteiger partial charge is 0.496 e. The number of hydrogen-bond acceptors (Lipinski definition) is 3. The van der Waals surface area contributed by atoms with Crippen molar-refractivity contribution in [1.82, 2.24) is 4.90 Å². The smallest absolute Gasteiger partial charge is 0.123 e. The summed E-state index contributed by atoms with van der Waals surface area (Å²) in [6.45, 7) is 9.65. The van der Waals surface area contributed by atoms with E-state index in [-0.39, 0.29) is 0 Å². The van der Waals surface area contributed by atoms with Gasteiger partial charge in [0.2, 0.25) is 0 Å². The van der Waals surface area contributed by atoms with Crippen molar-refractivity contribution in [3.05, 3.63) is 29.3 Å². The monoisotopic (exact) mass is 277 g/mol. The standard InChI is InChI=1S/C17H27NO2/c1-12(2)15-7-8-18(10-15)11-16-9-14(13(3)19)5-6-17(16)20-4/h5-6,9,12-13,15,19H,7-8,10-11H2,1-4H3. The average molecular weight is 277 g/mol. The fraction of sp³-hybridized carbons (Fsp3) is 0.647. The highest BCUT2D eigenvalue weighted by Gasteiger charge is 2.25. The molecule has 1 saturated heterocycles. The van der Waals surface area contributed by atoms with Crippen LogP contribution in [0.15, 0.2) is 18.2 Å². The van der Waals surface area contributed by atoms with Crippen LogP contribution in [0.2, 0.25) is 0 Å². The van der Waals surface area contributed by atoms with Crippen molar-refractivity contribution in [2.24, 2.45) is 11.8 Å². The maximum absolute atomic E-state index is 9.73. The molecule has 0 bridgehead atoms. The van der Waals surface area contributed by atoms with Crippen molar-refractivity contribution in [2.45, 2.75) is 39.8 Å². The minimum absolute atomic E-state index is 0.429. The zero-order chi connectivity index (χ0) is 14.7. The fourth-order valence-electron chi connectivity index (χ4n) is 2.97. The predicted octanol–water partition coefficient (Wildman–Crippen LogP) is 3.23. The molecule has 1 aromatic carbocycles. The number of hydrogen-bond donors (Lipinski definition) is 1. The van der Waals surface area contributed by atoms with E-state index in [0.717, 1.165) is 36.2 Å². The topological polar surface area (TPSA) is 32.7 Å². The van der Waals surface area contributed by atoms with Gasteiger partial charge in [-0.1, -0.05) is 19.9 Å². The van der Waals surface area contributed by atoms with E-state index in [9.17, 15) is 5.11 Å².